The van der Waals surface area contributed by atoms with Gasteiger partial charge in [0.1, 0.15) is 6.26 Å². The minimum absolute atomic E-state index is 0.190. The van der Waals surface area contributed by atoms with Crippen LogP contribution in [-0.2, 0) is 0 Å². The Hall–Kier alpha value is -0.900. The third kappa shape index (κ3) is 0.840. The van der Waals surface area contributed by atoms with Crippen molar-refractivity contribution in [2.75, 3.05) is 0 Å². The molecule has 1 heterocycles. The van der Waals surface area contributed by atoms with Gasteiger partial charge in [-0.25, -0.2) is 4.98 Å². The second-order valence-electron chi connectivity index (χ2n) is 1.20. The van der Waals surface area contributed by atoms with Crippen LogP contribution in [-0.4, -0.2) is 9.97 Å². The van der Waals surface area contributed by atoms with Crippen LogP contribution in [0.5, 0.6) is 0 Å². The third-order valence-corrected chi connectivity index (χ3v) is 0.818. The maximum absolute atomic E-state index is 5.13. The molecule has 8 heavy (non-hydrogen) atoms. The Labute approximate surface area is 51.5 Å². The highest BCUT2D eigenvalue weighted by molar-refractivity contribution is 7.80. The molecule has 0 aliphatic carbocycles. The molecule has 42 valence electrons. The summed E-state index contributed by atoms with van der Waals surface area (Å²) in [6.45, 7) is 0. The fourth-order valence-corrected chi connectivity index (χ4v) is 0.446. The van der Waals surface area contributed by atoms with Crippen molar-refractivity contribution in [3.05, 3.63) is 18.4 Å². The van der Waals surface area contributed by atoms with E-state index in [2.05, 4.69) is 17.2 Å². The van der Waals surface area contributed by atoms with Gasteiger partial charge in [-0.05, 0) is 0 Å². The van der Waals surface area contributed by atoms with Crippen molar-refractivity contribution in [2.24, 2.45) is 5.73 Å². The van der Waals surface area contributed by atoms with Gasteiger partial charge in [0.15, 0.2) is 4.99 Å². The van der Waals surface area contributed by atoms with Gasteiger partial charge in [0.2, 0.25) is 0 Å². The Morgan fingerprint density at radius 3 is 2.88 bits per heavy atom. The zero-order valence-electron chi connectivity index (χ0n) is 4.00. The Morgan fingerprint density at radius 1 is 1.88 bits per heavy atom. The Kier molecular flexibility index (Phi) is 1.26. The van der Waals surface area contributed by atoms with Gasteiger partial charge >= 0.3 is 0 Å². The number of thiocarbonyl (C=S) groups is 1. The van der Waals surface area contributed by atoms with Crippen LogP contribution in [0.2, 0.25) is 0 Å². The Morgan fingerprint density at radius 2 is 2.62 bits per heavy atom. The number of hydrogen-bond donors (Lipinski definition) is 1. The van der Waals surface area contributed by atoms with Crippen molar-refractivity contribution in [2.45, 2.75) is 0 Å². The fourth-order valence-electron chi connectivity index (χ4n) is 0.345. The molecule has 3 nitrogen and oxygen atoms in total. The van der Waals surface area contributed by atoms with E-state index in [9.17, 15) is 0 Å². The van der Waals surface area contributed by atoms with E-state index in [4.69, 9.17) is 10.2 Å². The van der Waals surface area contributed by atoms with Crippen LogP contribution < -0.4 is 5.73 Å². The molecule has 0 unspecified atom stereocenters. The SMILES string of the molecule is NC(=S)c1ncco1. The predicted octanol–water partition coefficient (Wildman–Crippen LogP) is 0.309. The van der Waals surface area contributed by atoms with E-state index in [0.717, 1.165) is 0 Å². The highest BCUT2D eigenvalue weighted by atomic mass is 32.1. The van der Waals surface area contributed by atoms with Gasteiger partial charge < -0.3 is 10.2 Å². The Bertz CT molecular complexity index is 182. The maximum Gasteiger partial charge on any atom is 0.253 e. The molecule has 0 fully saturated rings. The van der Waals surface area contributed by atoms with E-state index in [1.807, 2.05) is 0 Å². The van der Waals surface area contributed by atoms with Crippen LogP contribution in [0.25, 0.3) is 0 Å². The highest BCUT2D eigenvalue weighted by Crippen LogP contribution is 1.91. The minimum Gasteiger partial charge on any atom is -0.443 e. The summed E-state index contributed by atoms with van der Waals surface area (Å²) in [6, 6.07) is 0. The van der Waals surface area contributed by atoms with E-state index >= 15 is 0 Å². The lowest BCUT2D eigenvalue weighted by Gasteiger charge is -1.82. The van der Waals surface area contributed by atoms with Crippen molar-refractivity contribution in [3.8, 4) is 0 Å². The number of rotatable bonds is 1. The molecule has 1 aromatic heterocycles. The Balaban J connectivity index is 2.93. The van der Waals surface area contributed by atoms with Gasteiger partial charge in [0, 0.05) is 0 Å². The normalized spacial score (nSPS) is 9.00. The molecular weight excluding hydrogens is 124 g/mol. The van der Waals surface area contributed by atoms with Crippen molar-refractivity contribution in [1.82, 2.24) is 4.98 Å². The first-order valence-electron chi connectivity index (χ1n) is 2.00. The van der Waals surface area contributed by atoms with Crippen molar-refractivity contribution >= 4 is 17.2 Å². The zero-order valence-corrected chi connectivity index (χ0v) is 4.81. The average molecular weight is 128 g/mol. The van der Waals surface area contributed by atoms with Crippen LogP contribution >= 0.6 is 12.2 Å². The molecule has 0 radical (unpaired) electrons. The minimum atomic E-state index is 0.190. The predicted molar refractivity (Wildman–Crippen MR) is 32.4 cm³/mol. The molecule has 0 aliphatic rings. The lowest BCUT2D eigenvalue weighted by Crippen LogP contribution is -2.08. The molecule has 1 rings (SSSR count). The topological polar surface area (TPSA) is 52.0 Å². The number of nitrogens with zero attached hydrogens (tertiary/aromatic N) is 1. The summed E-state index contributed by atoms with van der Waals surface area (Å²) in [5.41, 5.74) is 5.13. The smallest absolute Gasteiger partial charge is 0.253 e. The first kappa shape index (κ1) is 5.24. The summed E-state index contributed by atoms with van der Waals surface area (Å²) in [5, 5.41) is 0. The average Bonchev–Trinajstić information content (AvgIpc) is 2.12. The summed E-state index contributed by atoms with van der Waals surface area (Å²) in [6.07, 6.45) is 2.92. The van der Waals surface area contributed by atoms with Crippen LogP contribution in [0.1, 0.15) is 5.89 Å². The second kappa shape index (κ2) is 1.92. The van der Waals surface area contributed by atoms with E-state index in [1.165, 1.54) is 12.5 Å². The van der Waals surface area contributed by atoms with Gasteiger partial charge in [-0.3, -0.25) is 0 Å². The van der Waals surface area contributed by atoms with Crippen molar-refractivity contribution in [1.29, 1.82) is 0 Å². The standard InChI is InChI=1S/C4H4N2OS/c5-3(8)4-6-1-2-7-4/h1-2H,(H2,5,8). The van der Waals surface area contributed by atoms with Gasteiger partial charge in [-0.2, -0.15) is 0 Å². The molecule has 1 aromatic rings. The molecule has 4 heteroatoms. The first-order chi connectivity index (χ1) is 3.80. The summed E-state index contributed by atoms with van der Waals surface area (Å²) < 4.78 is 4.72. The fraction of sp³-hybridized carbons (Fsp3) is 0. The molecule has 0 saturated heterocycles. The van der Waals surface area contributed by atoms with Gasteiger partial charge in [-0.15, -0.1) is 0 Å². The first-order valence-corrected chi connectivity index (χ1v) is 2.41. The van der Waals surface area contributed by atoms with Crippen LogP contribution in [0.4, 0.5) is 0 Å². The van der Waals surface area contributed by atoms with Crippen molar-refractivity contribution in [3.63, 3.8) is 0 Å². The summed E-state index contributed by atoms with van der Waals surface area (Å²) >= 11 is 4.54. The maximum atomic E-state index is 5.13. The molecular formula is C4H4N2OS. The van der Waals surface area contributed by atoms with Crippen LogP contribution in [0.15, 0.2) is 16.9 Å². The zero-order chi connectivity index (χ0) is 5.98. The number of hydrogen-bond acceptors (Lipinski definition) is 3. The van der Waals surface area contributed by atoms with Crippen LogP contribution in [0.3, 0.4) is 0 Å². The quantitative estimate of drug-likeness (QED) is 0.553. The molecule has 0 atom stereocenters. The lowest BCUT2D eigenvalue weighted by atomic mass is 10.7. The molecule has 0 saturated carbocycles. The molecule has 0 aliphatic heterocycles. The van der Waals surface area contributed by atoms with E-state index in [1.54, 1.807) is 0 Å². The number of oxazole rings is 1. The molecule has 0 amide bonds. The van der Waals surface area contributed by atoms with E-state index in [-0.39, 0.29) is 4.99 Å². The summed E-state index contributed by atoms with van der Waals surface area (Å²) in [4.78, 5) is 3.87. The van der Waals surface area contributed by atoms with Crippen LogP contribution in [0, 0.1) is 0 Å². The molecule has 0 spiro atoms. The molecule has 0 aromatic carbocycles. The monoisotopic (exact) mass is 128 g/mol. The molecule has 0 bridgehead atoms. The van der Waals surface area contributed by atoms with Crippen molar-refractivity contribution < 1.29 is 4.42 Å². The van der Waals surface area contributed by atoms with Gasteiger partial charge in [0.05, 0.1) is 6.20 Å². The molecule has 2 N–H and O–H groups in total. The lowest BCUT2D eigenvalue weighted by molar-refractivity contribution is 0.548. The van der Waals surface area contributed by atoms with E-state index in [0.29, 0.717) is 5.89 Å². The largest absolute Gasteiger partial charge is 0.443 e. The van der Waals surface area contributed by atoms with Gasteiger partial charge in [-0.1, -0.05) is 12.2 Å². The summed E-state index contributed by atoms with van der Waals surface area (Å²) in [5.74, 6) is 0.319. The third-order valence-electron chi connectivity index (χ3n) is 0.643. The summed E-state index contributed by atoms with van der Waals surface area (Å²) in [7, 11) is 0. The second-order valence-corrected chi connectivity index (χ2v) is 1.64. The number of aromatic nitrogens is 1. The highest BCUT2D eigenvalue weighted by Gasteiger charge is 1.96. The van der Waals surface area contributed by atoms with E-state index < -0.39 is 0 Å². The number of nitrogens with two attached hydrogens (primary N) is 1. The van der Waals surface area contributed by atoms with Gasteiger partial charge in [0.25, 0.3) is 5.89 Å².